The second kappa shape index (κ2) is 6.75. The van der Waals surface area contributed by atoms with Crippen LogP contribution in [0.3, 0.4) is 0 Å². The summed E-state index contributed by atoms with van der Waals surface area (Å²) < 4.78 is 0. The molecule has 2 N–H and O–H groups in total. The number of benzene rings is 1. The fourth-order valence-corrected chi connectivity index (χ4v) is 2.72. The molecule has 1 aliphatic heterocycles. The Labute approximate surface area is 123 Å². The van der Waals surface area contributed by atoms with Crippen LogP contribution in [0.15, 0.2) is 24.3 Å². The van der Waals surface area contributed by atoms with Crippen molar-refractivity contribution in [2.45, 2.75) is 25.1 Å². The van der Waals surface area contributed by atoms with E-state index in [1.165, 1.54) is 0 Å². The molecule has 1 saturated heterocycles. The van der Waals surface area contributed by atoms with Gasteiger partial charge >= 0.3 is 0 Å². The number of alkyl halides is 1. The van der Waals surface area contributed by atoms with Crippen LogP contribution in [0.25, 0.3) is 0 Å². The second-order valence-corrected chi connectivity index (χ2v) is 5.50. The van der Waals surface area contributed by atoms with Crippen molar-refractivity contribution < 1.29 is 9.59 Å². The number of carbonyl (C=O) groups excluding carboxylic acids is 2. The highest BCUT2D eigenvalue weighted by Gasteiger charge is 2.24. The van der Waals surface area contributed by atoms with E-state index in [1.807, 2.05) is 29.2 Å². The molecule has 2 rings (SSSR count). The van der Waals surface area contributed by atoms with Crippen molar-refractivity contribution in [3.8, 4) is 0 Å². The monoisotopic (exact) mass is 294 g/mol. The van der Waals surface area contributed by atoms with E-state index in [9.17, 15) is 9.59 Å². The summed E-state index contributed by atoms with van der Waals surface area (Å²) in [5, 5.41) is 0. The zero-order valence-electron chi connectivity index (χ0n) is 11.3. The Hall–Kier alpha value is -1.55. The van der Waals surface area contributed by atoms with Gasteiger partial charge < -0.3 is 10.6 Å². The fourth-order valence-electron chi connectivity index (χ4n) is 2.54. The van der Waals surface area contributed by atoms with Crippen LogP contribution in [0, 0.1) is 5.92 Å². The first kappa shape index (κ1) is 14.9. The van der Waals surface area contributed by atoms with Gasteiger partial charge in [-0.25, -0.2) is 0 Å². The Morgan fingerprint density at radius 1 is 1.20 bits per heavy atom. The number of amides is 2. The fraction of sp³-hybridized carbons (Fsp3) is 0.467. The third-order valence-electron chi connectivity index (χ3n) is 3.75. The van der Waals surface area contributed by atoms with Gasteiger partial charge in [0.05, 0.1) is 0 Å². The van der Waals surface area contributed by atoms with Crippen molar-refractivity contribution >= 4 is 23.4 Å². The standard InChI is InChI=1S/C15H19ClN2O2/c16-10-12-1-3-13(4-2-12)15(20)18-7-5-11(6-8-18)9-14(17)19/h1-4,11H,5-10H2,(H2,17,19). The molecule has 108 valence electrons. The number of primary amides is 1. The number of hydrogen-bond donors (Lipinski definition) is 1. The average Bonchev–Trinajstić information content (AvgIpc) is 2.47. The number of carbonyl (C=O) groups is 2. The minimum atomic E-state index is -0.258. The average molecular weight is 295 g/mol. The Morgan fingerprint density at radius 2 is 1.80 bits per heavy atom. The molecule has 0 atom stereocenters. The number of hydrogen-bond acceptors (Lipinski definition) is 2. The van der Waals surface area contributed by atoms with Crippen molar-refractivity contribution in [2.75, 3.05) is 13.1 Å². The maximum absolute atomic E-state index is 12.3. The molecule has 0 spiro atoms. The number of halogens is 1. The third-order valence-corrected chi connectivity index (χ3v) is 4.06. The van der Waals surface area contributed by atoms with Crippen molar-refractivity contribution in [3.05, 3.63) is 35.4 Å². The lowest BCUT2D eigenvalue weighted by Crippen LogP contribution is -2.39. The number of piperidine rings is 1. The molecule has 0 saturated carbocycles. The summed E-state index contributed by atoms with van der Waals surface area (Å²) in [6.07, 6.45) is 2.11. The minimum absolute atomic E-state index is 0.0450. The summed E-state index contributed by atoms with van der Waals surface area (Å²) in [4.78, 5) is 25.1. The lowest BCUT2D eigenvalue weighted by atomic mass is 9.93. The highest BCUT2D eigenvalue weighted by Crippen LogP contribution is 2.21. The Morgan fingerprint density at radius 3 is 2.30 bits per heavy atom. The quantitative estimate of drug-likeness (QED) is 0.865. The maximum atomic E-state index is 12.3. The van der Waals surface area contributed by atoms with Crippen molar-refractivity contribution in [2.24, 2.45) is 11.7 Å². The van der Waals surface area contributed by atoms with Crippen LogP contribution in [-0.2, 0) is 10.7 Å². The molecule has 1 fully saturated rings. The topological polar surface area (TPSA) is 63.4 Å². The molecule has 1 aromatic rings. The lowest BCUT2D eigenvalue weighted by molar-refractivity contribution is -0.119. The highest BCUT2D eigenvalue weighted by atomic mass is 35.5. The molecule has 0 aliphatic carbocycles. The summed E-state index contributed by atoms with van der Waals surface area (Å²) >= 11 is 5.73. The summed E-state index contributed by atoms with van der Waals surface area (Å²) in [6, 6.07) is 7.38. The first-order chi connectivity index (χ1) is 9.60. The smallest absolute Gasteiger partial charge is 0.253 e. The van der Waals surface area contributed by atoms with Crippen molar-refractivity contribution in [3.63, 3.8) is 0 Å². The maximum Gasteiger partial charge on any atom is 0.253 e. The summed E-state index contributed by atoms with van der Waals surface area (Å²) in [5.41, 5.74) is 6.90. The van der Waals surface area contributed by atoms with E-state index in [-0.39, 0.29) is 11.8 Å². The second-order valence-electron chi connectivity index (χ2n) is 5.24. The Kier molecular flexibility index (Phi) is 5.01. The summed E-state index contributed by atoms with van der Waals surface area (Å²) in [7, 11) is 0. The van der Waals surface area contributed by atoms with E-state index < -0.39 is 0 Å². The van der Waals surface area contributed by atoms with Crippen LogP contribution < -0.4 is 5.73 Å². The normalized spacial score (nSPS) is 16.1. The minimum Gasteiger partial charge on any atom is -0.370 e. The number of likely N-dealkylation sites (tertiary alicyclic amines) is 1. The summed E-state index contributed by atoms with van der Waals surface area (Å²) in [6.45, 7) is 1.38. The van der Waals surface area contributed by atoms with Gasteiger partial charge in [0.25, 0.3) is 5.91 Å². The SMILES string of the molecule is NC(=O)CC1CCN(C(=O)c2ccc(CCl)cc2)CC1. The molecule has 0 unspecified atom stereocenters. The summed E-state index contributed by atoms with van der Waals surface area (Å²) in [5.74, 6) is 0.553. The first-order valence-corrected chi connectivity index (χ1v) is 7.36. The third kappa shape index (κ3) is 3.73. The van der Waals surface area contributed by atoms with Gasteiger partial charge in [0, 0.05) is 31.0 Å². The van der Waals surface area contributed by atoms with Gasteiger partial charge in [-0.3, -0.25) is 9.59 Å². The highest BCUT2D eigenvalue weighted by molar-refractivity contribution is 6.17. The van der Waals surface area contributed by atoms with Gasteiger partial charge in [0.1, 0.15) is 0 Å². The molecule has 0 radical (unpaired) electrons. The largest absolute Gasteiger partial charge is 0.370 e. The van der Waals surface area contributed by atoms with Crippen LogP contribution in [-0.4, -0.2) is 29.8 Å². The van der Waals surface area contributed by atoms with Crippen LogP contribution in [0.1, 0.15) is 35.2 Å². The Bertz CT molecular complexity index is 479. The van der Waals surface area contributed by atoms with Gasteiger partial charge in [0.15, 0.2) is 0 Å². The van der Waals surface area contributed by atoms with E-state index in [2.05, 4.69) is 0 Å². The molecule has 5 heteroatoms. The van der Waals surface area contributed by atoms with Crippen LogP contribution in [0.2, 0.25) is 0 Å². The molecule has 1 aliphatic rings. The van der Waals surface area contributed by atoms with E-state index in [1.54, 1.807) is 0 Å². The van der Waals surface area contributed by atoms with Gasteiger partial charge in [-0.05, 0) is 36.5 Å². The van der Waals surface area contributed by atoms with Gasteiger partial charge in [-0.2, -0.15) is 0 Å². The van der Waals surface area contributed by atoms with Crippen LogP contribution in [0.4, 0.5) is 0 Å². The van der Waals surface area contributed by atoms with Crippen LogP contribution >= 0.6 is 11.6 Å². The van der Waals surface area contributed by atoms with Gasteiger partial charge in [-0.1, -0.05) is 12.1 Å². The van der Waals surface area contributed by atoms with Crippen molar-refractivity contribution in [1.29, 1.82) is 0 Å². The van der Waals surface area contributed by atoms with Crippen molar-refractivity contribution in [1.82, 2.24) is 4.90 Å². The zero-order valence-corrected chi connectivity index (χ0v) is 12.1. The Balaban J connectivity index is 1.92. The first-order valence-electron chi connectivity index (χ1n) is 6.82. The van der Waals surface area contributed by atoms with E-state index in [0.717, 1.165) is 18.4 Å². The molecule has 1 heterocycles. The van der Waals surface area contributed by atoms with Gasteiger partial charge in [-0.15, -0.1) is 11.6 Å². The molecule has 1 aromatic carbocycles. The lowest BCUT2D eigenvalue weighted by Gasteiger charge is -2.31. The number of rotatable bonds is 4. The molecular weight excluding hydrogens is 276 g/mol. The van der Waals surface area contributed by atoms with Crippen LogP contribution in [0.5, 0.6) is 0 Å². The molecule has 0 aromatic heterocycles. The number of nitrogens with zero attached hydrogens (tertiary/aromatic N) is 1. The molecular formula is C15H19ClN2O2. The number of nitrogens with two attached hydrogens (primary N) is 1. The van der Waals surface area contributed by atoms with E-state index in [0.29, 0.717) is 36.9 Å². The molecule has 2 amide bonds. The predicted octanol–water partition coefficient (Wildman–Crippen LogP) is 2.15. The predicted molar refractivity (Wildman–Crippen MR) is 78.4 cm³/mol. The molecule has 4 nitrogen and oxygen atoms in total. The van der Waals surface area contributed by atoms with E-state index >= 15 is 0 Å². The molecule has 0 bridgehead atoms. The molecule has 20 heavy (non-hydrogen) atoms. The van der Waals surface area contributed by atoms with Gasteiger partial charge in [0.2, 0.25) is 5.91 Å². The van der Waals surface area contributed by atoms with E-state index in [4.69, 9.17) is 17.3 Å². The zero-order chi connectivity index (χ0) is 14.5.